The number of hydrogen-bond donors (Lipinski definition) is 1. The van der Waals surface area contributed by atoms with Crippen LogP contribution in [0.15, 0.2) is 48.5 Å². The Hall–Kier alpha value is -5.72. The number of halogens is 1. The van der Waals surface area contributed by atoms with E-state index in [0.29, 0.717) is 50.9 Å². The maximum Gasteiger partial charge on any atom is 0.262 e. The third-order valence-corrected chi connectivity index (χ3v) is 16.8. The number of piperidine rings is 2. The zero-order chi connectivity index (χ0) is 46.3. The van der Waals surface area contributed by atoms with Gasteiger partial charge in [0.2, 0.25) is 11.8 Å². The number of fused-ring (bicyclic) bond motifs is 2. The van der Waals surface area contributed by atoms with Crippen LogP contribution in [0.25, 0.3) is 0 Å². The van der Waals surface area contributed by atoms with E-state index in [9.17, 15) is 29.2 Å². The fraction of sp³-hybridized carbons (Fsp3) is 0.528. The van der Waals surface area contributed by atoms with Crippen LogP contribution in [0, 0.1) is 57.2 Å². The second kappa shape index (κ2) is 16.6. The maximum absolute atomic E-state index is 13.8. The topological polar surface area (TPSA) is 153 Å². The maximum atomic E-state index is 13.8. The van der Waals surface area contributed by atoms with Gasteiger partial charge in [-0.2, -0.15) is 5.26 Å². The standard InChI is InChI=1S/C53H57ClN6O6/c1-51(2)49(52(3,4)50(51)66-37-16-12-34(29-55)41(54)26-37)59-30-42-39(46(59)63)17-14-35(56-42)13-11-32-7-5-31(6-8-32)9-10-33-27-53(28-33)21-23-58(24-22-53)36-15-18-38-40(25-36)48(65)60(47(38)64)43-19-20-44(61)57-45(43)62/h12,14-18,25-26,31-33,43,49-50H,5-10,19-24,27-28,30H2,1-4H3,(H,57,61,62)/t31?,32?,43?,49-,50-. The number of nitrogens with one attached hydrogen (secondary N) is 1. The van der Waals surface area contributed by atoms with Crippen LogP contribution in [-0.2, 0) is 16.1 Å². The number of anilines is 1. The van der Waals surface area contributed by atoms with Gasteiger partial charge in [0, 0.05) is 54.1 Å². The van der Waals surface area contributed by atoms with E-state index in [0.717, 1.165) is 72.6 Å². The Balaban J connectivity index is 0.663. The quantitative estimate of drug-likeness (QED) is 0.173. The largest absolute Gasteiger partial charge is 0.489 e. The highest BCUT2D eigenvalue weighted by molar-refractivity contribution is 6.31. The molecule has 66 heavy (non-hydrogen) atoms. The predicted octanol–water partition coefficient (Wildman–Crippen LogP) is 8.48. The lowest BCUT2D eigenvalue weighted by atomic mass is 9.49. The first-order valence-electron chi connectivity index (χ1n) is 23.8. The van der Waals surface area contributed by atoms with Crippen LogP contribution in [0.1, 0.15) is 153 Å². The number of nitriles is 1. The lowest BCUT2D eigenvalue weighted by molar-refractivity contribution is -0.199. The average Bonchev–Trinajstić information content (AvgIpc) is 3.73. The number of carbonyl (C=O) groups excluding carboxylic acids is 5. The van der Waals surface area contributed by atoms with Crippen molar-refractivity contribution >= 4 is 46.8 Å². The van der Waals surface area contributed by atoms with Crippen LogP contribution in [-0.4, -0.2) is 75.6 Å². The third kappa shape index (κ3) is 7.63. The third-order valence-electron chi connectivity index (χ3n) is 16.5. The summed E-state index contributed by atoms with van der Waals surface area (Å²) in [6, 6.07) is 15.4. The van der Waals surface area contributed by atoms with Crippen molar-refractivity contribution in [1.29, 1.82) is 5.26 Å². The van der Waals surface area contributed by atoms with Crippen molar-refractivity contribution in [2.75, 3.05) is 18.0 Å². The molecule has 342 valence electrons. The molecule has 5 fully saturated rings. The Kier molecular flexibility index (Phi) is 11.1. The minimum Gasteiger partial charge on any atom is -0.489 e. The molecule has 4 aliphatic heterocycles. The van der Waals surface area contributed by atoms with Crippen molar-refractivity contribution in [2.45, 2.75) is 129 Å². The van der Waals surface area contributed by atoms with Crippen LogP contribution in [0.5, 0.6) is 5.75 Å². The molecule has 3 saturated carbocycles. The van der Waals surface area contributed by atoms with Gasteiger partial charge in [0.05, 0.1) is 39.5 Å². The first kappa shape index (κ1) is 44.1. The van der Waals surface area contributed by atoms with Gasteiger partial charge >= 0.3 is 0 Å². The number of imide groups is 2. The van der Waals surface area contributed by atoms with Crippen molar-refractivity contribution in [2.24, 2.45) is 34.0 Å². The minimum absolute atomic E-state index is 0.00134. The SMILES string of the molecule is CC1(C)[C@H](Oc2ccc(C#N)c(Cl)c2)C(C)(C)[C@H]1N1Cc2nc(C#CC3CCC(CCC4CC5(CCN(c6ccc7c(c6)C(=O)N(C6CCC(=O)NC6=O)C7=O)CC5)C4)CC3)ccc2C1=O. The summed E-state index contributed by atoms with van der Waals surface area (Å²) in [5.74, 6) is 7.52. The van der Waals surface area contributed by atoms with Crippen molar-refractivity contribution in [1.82, 2.24) is 20.1 Å². The van der Waals surface area contributed by atoms with E-state index in [1.165, 1.54) is 38.5 Å². The zero-order valence-electron chi connectivity index (χ0n) is 38.3. The van der Waals surface area contributed by atoms with E-state index in [1.807, 2.05) is 29.2 Å². The van der Waals surface area contributed by atoms with E-state index in [-0.39, 0.29) is 47.6 Å². The molecule has 10 rings (SSSR count). The summed E-state index contributed by atoms with van der Waals surface area (Å²) >= 11 is 6.30. The number of ether oxygens (including phenoxy) is 1. The molecule has 3 aliphatic carbocycles. The number of rotatable bonds is 8. The van der Waals surface area contributed by atoms with Crippen LogP contribution < -0.4 is 15.0 Å². The highest BCUT2D eigenvalue weighted by Gasteiger charge is 2.67. The zero-order valence-corrected chi connectivity index (χ0v) is 39.0. The van der Waals surface area contributed by atoms with Crippen molar-refractivity contribution in [3.05, 3.63) is 87.2 Å². The first-order valence-corrected chi connectivity index (χ1v) is 24.2. The van der Waals surface area contributed by atoms with Gasteiger partial charge in [0.25, 0.3) is 17.7 Å². The molecule has 1 atom stereocenters. The number of pyridine rings is 1. The molecule has 1 N–H and O–H groups in total. The van der Waals surface area contributed by atoms with E-state index < -0.39 is 23.8 Å². The molecule has 1 aromatic heterocycles. The minimum atomic E-state index is -0.959. The number of amides is 5. The number of nitrogens with zero attached hydrogens (tertiary/aromatic N) is 5. The van der Waals surface area contributed by atoms with E-state index >= 15 is 0 Å². The normalized spacial score (nSPS) is 27.3. The lowest BCUT2D eigenvalue weighted by Gasteiger charge is -2.65. The van der Waals surface area contributed by atoms with Gasteiger partial charge < -0.3 is 14.5 Å². The van der Waals surface area contributed by atoms with Crippen LogP contribution in [0.3, 0.4) is 0 Å². The second-order valence-corrected chi connectivity index (χ2v) is 21.8. The van der Waals surface area contributed by atoms with Crippen molar-refractivity contribution < 1.29 is 28.7 Å². The predicted molar refractivity (Wildman–Crippen MR) is 247 cm³/mol. The Morgan fingerprint density at radius 3 is 2.21 bits per heavy atom. The molecule has 5 amide bonds. The van der Waals surface area contributed by atoms with Crippen molar-refractivity contribution in [3.63, 3.8) is 0 Å². The highest BCUT2D eigenvalue weighted by atomic mass is 35.5. The smallest absolute Gasteiger partial charge is 0.262 e. The second-order valence-electron chi connectivity index (χ2n) is 21.4. The van der Waals surface area contributed by atoms with E-state index in [4.69, 9.17) is 21.3 Å². The summed E-state index contributed by atoms with van der Waals surface area (Å²) in [7, 11) is 0. The molecule has 3 aromatic rings. The molecule has 2 aromatic carbocycles. The van der Waals surface area contributed by atoms with Gasteiger partial charge in [-0.25, -0.2) is 4.98 Å². The summed E-state index contributed by atoms with van der Waals surface area (Å²) in [4.78, 5) is 74.7. The molecule has 2 saturated heterocycles. The first-order chi connectivity index (χ1) is 31.5. The molecule has 7 aliphatic rings. The number of carbonyl (C=O) groups is 5. The van der Waals surface area contributed by atoms with E-state index in [2.05, 4.69) is 55.8 Å². The van der Waals surface area contributed by atoms with E-state index in [1.54, 1.807) is 24.3 Å². The van der Waals surface area contributed by atoms with Gasteiger partial charge in [-0.1, -0.05) is 58.1 Å². The summed E-state index contributed by atoms with van der Waals surface area (Å²) in [6.45, 7) is 10.8. The lowest BCUT2D eigenvalue weighted by Crippen LogP contribution is -2.74. The molecular formula is C53H57ClN6O6. The van der Waals surface area contributed by atoms with Gasteiger partial charge in [-0.05, 0) is 123 Å². The van der Waals surface area contributed by atoms with Crippen molar-refractivity contribution in [3.8, 4) is 23.7 Å². The molecular weight excluding hydrogens is 852 g/mol. The fourth-order valence-electron chi connectivity index (χ4n) is 13.4. The van der Waals surface area contributed by atoms with Gasteiger partial charge in [0.15, 0.2) is 0 Å². The van der Waals surface area contributed by atoms with Crippen LogP contribution in [0.4, 0.5) is 5.69 Å². The Labute approximate surface area is 391 Å². The number of hydrogen-bond acceptors (Lipinski definition) is 9. The van der Waals surface area contributed by atoms with Crippen LogP contribution in [0.2, 0.25) is 5.02 Å². The average molecular weight is 910 g/mol. The summed E-state index contributed by atoms with van der Waals surface area (Å²) in [5, 5.41) is 11.9. The summed E-state index contributed by atoms with van der Waals surface area (Å²) in [5.41, 5.74) is 3.86. The van der Waals surface area contributed by atoms with Gasteiger partial charge in [0.1, 0.15) is 29.7 Å². The molecule has 1 unspecified atom stereocenters. The number of benzene rings is 2. The molecule has 12 nitrogen and oxygen atoms in total. The summed E-state index contributed by atoms with van der Waals surface area (Å²) in [6.07, 6.45) is 12.1. The van der Waals surface area contributed by atoms with Gasteiger partial charge in [-0.3, -0.25) is 34.2 Å². The molecule has 0 bridgehead atoms. The monoisotopic (exact) mass is 908 g/mol. The number of aromatic nitrogens is 1. The molecule has 13 heteroatoms. The van der Waals surface area contributed by atoms with Crippen LogP contribution >= 0.6 is 11.6 Å². The van der Waals surface area contributed by atoms with Gasteiger partial charge in [-0.15, -0.1) is 0 Å². The molecule has 5 heterocycles. The summed E-state index contributed by atoms with van der Waals surface area (Å²) < 4.78 is 6.48. The highest BCUT2D eigenvalue weighted by Crippen LogP contribution is 2.59. The fourth-order valence-corrected chi connectivity index (χ4v) is 13.6. The molecule has 1 spiro atoms. The Morgan fingerprint density at radius 2 is 1.52 bits per heavy atom. The Bertz CT molecular complexity index is 2640. The molecule has 0 radical (unpaired) electrons. The Morgan fingerprint density at radius 1 is 0.818 bits per heavy atom.